The Hall–Kier alpha value is -0.830. The van der Waals surface area contributed by atoms with Gasteiger partial charge in [-0.1, -0.05) is 0 Å². The largest absolute Gasteiger partial charge is 0.366 e. The molecule has 0 radical (unpaired) electrons. The van der Waals surface area contributed by atoms with E-state index >= 15 is 0 Å². The maximum atomic E-state index is 10.7. The van der Waals surface area contributed by atoms with Crippen LogP contribution in [0.25, 0.3) is 0 Å². The second-order valence-electron chi connectivity index (χ2n) is 3.67. The van der Waals surface area contributed by atoms with Crippen LogP contribution in [0.2, 0.25) is 0 Å². The van der Waals surface area contributed by atoms with Gasteiger partial charge in [0.25, 0.3) is 0 Å². The number of nitrogens with two attached hydrogens (primary N) is 1. The number of amides is 1. The fourth-order valence-electron chi connectivity index (χ4n) is 2.20. The summed E-state index contributed by atoms with van der Waals surface area (Å²) in [5.41, 5.74) is 6.37. The molecule has 0 atom stereocenters. The molecule has 3 heteroatoms. The van der Waals surface area contributed by atoms with E-state index in [4.69, 9.17) is 5.73 Å². The maximum Gasteiger partial charge on any atom is 0.241 e. The summed E-state index contributed by atoms with van der Waals surface area (Å²) in [6.07, 6.45) is 4.04. The van der Waals surface area contributed by atoms with E-state index in [1.165, 1.54) is 31.5 Å². The van der Waals surface area contributed by atoms with E-state index in [0.29, 0.717) is 5.92 Å². The molecule has 0 aromatic heterocycles. The van der Waals surface area contributed by atoms with Crippen LogP contribution in [0.4, 0.5) is 0 Å². The fourth-order valence-corrected chi connectivity index (χ4v) is 2.20. The average Bonchev–Trinajstić information content (AvgIpc) is 2.05. The molecule has 0 unspecified atom stereocenters. The molecule has 3 rings (SSSR count). The Bertz CT molecular complexity index is 227. The summed E-state index contributed by atoms with van der Waals surface area (Å²) in [6.45, 7) is 3.36. The second-order valence-corrected chi connectivity index (χ2v) is 3.67. The van der Waals surface area contributed by atoms with Crippen molar-refractivity contribution in [2.24, 2.45) is 11.7 Å². The van der Waals surface area contributed by atoms with Gasteiger partial charge in [0.15, 0.2) is 0 Å². The Labute approximate surface area is 72.2 Å². The van der Waals surface area contributed by atoms with Gasteiger partial charge in [0.1, 0.15) is 0 Å². The lowest BCUT2D eigenvalue weighted by atomic mass is 9.83. The third kappa shape index (κ3) is 1.37. The highest BCUT2D eigenvalue weighted by Gasteiger charge is 2.29. The molecule has 0 aromatic rings. The first-order chi connectivity index (χ1) is 5.75. The minimum Gasteiger partial charge on any atom is -0.366 e. The number of hydrogen-bond acceptors (Lipinski definition) is 2. The monoisotopic (exact) mass is 166 g/mol. The van der Waals surface area contributed by atoms with Crippen LogP contribution < -0.4 is 5.73 Å². The van der Waals surface area contributed by atoms with Crippen molar-refractivity contribution in [3.05, 3.63) is 11.6 Å². The number of carbonyl (C=O) groups is 1. The van der Waals surface area contributed by atoms with Crippen molar-refractivity contribution in [3.8, 4) is 0 Å². The van der Waals surface area contributed by atoms with Gasteiger partial charge < -0.3 is 5.73 Å². The standard InChI is InChI=1S/C9H14N2O/c10-9(12)5-8-6-11-3-1-7(8)2-4-11/h5,7H,1-4,6H2,(H2,10,12). The van der Waals surface area contributed by atoms with Crippen LogP contribution in [0.15, 0.2) is 11.6 Å². The highest BCUT2D eigenvalue weighted by Crippen LogP contribution is 2.31. The first-order valence-corrected chi connectivity index (χ1v) is 4.48. The van der Waals surface area contributed by atoms with Crippen LogP contribution in [-0.2, 0) is 4.79 Å². The van der Waals surface area contributed by atoms with Gasteiger partial charge in [-0.25, -0.2) is 0 Å². The quantitative estimate of drug-likeness (QED) is 0.562. The zero-order valence-corrected chi connectivity index (χ0v) is 7.12. The molecule has 3 aliphatic rings. The van der Waals surface area contributed by atoms with E-state index in [9.17, 15) is 4.79 Å². The van der Waals surface area contributed by atoms with Gasteiger partial charge >= 0.3 is 0 Å². The number of piperidine rings is 3. The summed E-state index contributed by atoms with van der Waals surface area (Å²) < 4.78 is 0. The van der Waals surface area contributed by atoms with Crippen LogP contribution in [-0.4, -0.2) is 30.4 Å². The van der Waals surface area contributed by atoms with Gasteiger partial charge in [-0.15, -0.1) is 0 Å². The third-order valence-electron chi connectivity index (χ3n) is 2.85. The average molecular weight is 166 g/mol. The molecule has 3 nitrogen and oxygen atoms in total. The van der Waals surface area contributed by atoms with E-state index < -0.39 is 0 Å². The Kier molecular flexibility index (Phi) is 1.89. The van der Waals surface area contributed by atoms with Crippen molar-refractivity contribution in [3.63, 3.8) is 0 Å². The molecule has 66 valence electrons. The number of fused-ring (bicyclic) bond motifs is 3. The van der Waals surface area contributed by atoms with E-state index in [1.807, 2.05) is 0 Å². The van der Waals surface area contributed by atoms with Gasteiger partial charge in [-0.05, 0) is 37.4 Å². The predicted molar refractivity (Wildman–Crippen MR) is 46.4 cm³/mol. The molecule has 3 aliphatic heterocycles. The summed E-state index contributed by atoms with van der Waals surface area (Å²) in [5.74, 6) is 0.348. The van der Waals surface area contributed by atoms with Crippen LogP contribution in [0.1, 0.15) is 12.8 Å². The van der Waals surface area contributed by atoms with Crippen LogP contribution in [0.3, 0.4) is 0 Å². The summed E-state index contributed by atoms with van der Waals surface area (Å²) in [6, 6.07) is 0. The van der Waals surface area contributed by atoms with Gasteiger partial charge in [0, 0.05) is 12.6 Å². The summed E-state index contributed by atoms with van der Waals surface area (Å²) in [7, 11) is 0. The number of primary amides is 1. The van der Waals surface area contributed by atoms with E-state index in [-0.39, 0.29) is 5.91 Å². The summed E-state index contributed by atoms with van der Waals surface area (Å²) >= 11 is 0. The van der Waals surface area contributed by atoms with Gasteiger partial charge in [-0.2, -0.15) is 0 Å². The van der Waals surface area contributed by atoms with Crippen molar-refractivity contribution >= 4 is 5.91 Å². The normalized spacial score (nSPS) is 37.2. The van der Waals surface area contributed by atoms with Crippen molar-refractivity contribution in [2.45, 2.75) is 12.8 Å². The maximum absolute atomic E-state index is 10.7. The SMILES string of the molecule is NC(=O)C=C1CN2CCC1CC2. The summed E-state index contributed by atoms with van der Waals surface area (Å²) in [4.78, 5) is 13.1. The van der Waals surface area contributed by atoms with Gasteiger partial charge in [0.05, 0.1) is 0 Å². The zero-order chi connectivity index (χ0) is 8.55. The number of rotatable bonds is 1. The van der Waals surface area contributed by atoms with Crippen molar-refractivity contribution in [1.29, 1.82) is 0 Å². The van der Waals surface area contributed by atoms with Crippen LogP contribution >= 0.6 is 0 Å². The van der Waals surface area contributed by atoms with Gasteiger partial charge in [-0.3, -0.25) is 9.69 Å². The smallest absolute Gasteiger partial charge is 0.241 e. The number of carbonyl (C=O) groups excluding carboxylic acids is 1. The molecule has 3 heterocycles. The lowest BCUT2D eigenvalue weighted by molar-refractivity contribution is -0.113. The lowest BCUT2D eigenvalue weighted by Gasteiger charge is -2.40. The molecule has 0 saturated carbocycles. The van der Waals surface area contributed by atoms with E-state index in [2.05, 4.69) is 4.90 Å². The Balaban J connectivity index is 2.13. The van der Waals surface area contributed by atoms with E-state index in [0.717, 1.165) is 6.54 Å². The molecule has 0 spiro atoms. The predicted octanol–water partition coefficient (Wildman–Crippen LogP) is 0.124. The highest BCUT2D eigenvalue weighted by molar-refractivity contribution is 5.86. The molecule has 3 fully saturated rings. The first-order valence-electron chi connectivity index (χ1n) is 4.48. The Morgan fingerprint density at radius 2 is 2.17 bits per heavy atom. The van der Waals surface area contributed by atoms with Crippen LogP contribution in [0.5, 0.6) is 0 Å². The Morgan fingerprint density at radius 3 is 2.58 bits per heavy atom. The summed E-state index contributed by atoms with van der Waals surface area (Å²) in [5, 5.41) is 0. The molecular formula is C9H14N2O. The topological polar surface area (TPSA) is 46.3 Å². The van der Waals surface area contributed by atoms with Gasteiger partial charge in [0.2, 0.25) is 5.91 Å². The lowest BCUT2D eigenvalue weighted by Crippen LogP contribution is -2.43. The van der Waals surface area contributed by atoms with Crippen molar-refractivity contribution in [1.82, 2.24) is 4.90 Å². The molecule has 2 N–H and O–H groups in total. The minimum atomic E-state index is -0.293. The van der Waals surface area contributed by atoms with Crippen LogP contribution in [0, 0.1) is 5.92 Å². The molecule has 2 bridgehead atoms. The third-order valence-corrected chi connectivity index (χ3v) is 2.85. The molecular weight excluding hydrogens is 152 g/mol. The molecule has 0 aromatic carbocycles. The van der Waals surface area contributed by atoms with E-state index in [1.54, 1.807) is 6.08 Å². The number of nitrogens with zero attached hydrogens (tertiary/aromatic N) is 1. The molecule has 0 aliphatic carbocycles. The Morgan fingerprint density at radius 1 is 1.50 bits per heavy atom. The van der Waals surface area contributed by atoms with Crippen molar-refractivity contribution in [2.75, 3.05) is 19.6 Å². The molecule has 3 saturated heterocycles. The highest BCUT2D eigenvalue weighted by atomic mass is 16.1. The number of hydrogen-bond donors (Lipinski definition) is 1. The fraction of sp³-hybridized carbons (Fsp3) is 0.667. The molecule has 1 amide bonds. The zero-order valence-electron chi connectivity index (χ0n) is 7.12. The van der Waals surface area contributed by atoms with Crippen molar-refractivity contribution < 1.29 is 4.79 Å². The molecule has 12 heavy (non-hydrogen) atoms. The first kappa shape index (κ1) is 7.80. The second kappa shape index (κ2) is 2.90. The minimum absolute atomic E-state index is 0.293.